The van der Waals surface area contributed by atoms with Crippen molar-refractivity contribution in [1.82, 2.24) is 0 Å². The zero-order valence-electron chi connectivity index (χ0n) is 16.6. The van der Waals surface area contributed by atoms with Crippen LogP contribution < -0.4 is 0 Å². The lowest BCUT2D eigenvalue weighted by molar-refractivity contribution is -0.928. The third-order valence-electron chi connectivity index (χ3n) is 3.83. The highest BCUT2D eigenvalue weighted by atomic mass is 32.2. The van der Waals surface area contributed by atoms with Crippen LogP contribution >= 0.6 is 0 Å². The number of hydrogen-bond acceptors (Lipinski definition) is 4. The lowest BCUT2D eigenvalue weighted by Gasteiger charge is -2.38. The molecule has 0 aliphatic heterocycles. The molecule has 0 fully saturated rings. The molecule has 0 saturated carbocycles. The monoisotopic (exact) mass is 423 g/mol. The van der Waals surface area contributed by atoms with Crippen molar-refractivity contribution < 1.29 is 39.8 Å². The van der Waals surface area contributed by atoms with Crippen LogP contribution in [0.1, 0.15) is 53.4 Å². The summed E-state index contributed by atoms with van der Waals surface area (Å²) in [5.41, 5.74) is 0. The lowest BCUT2D eigenvalue weighted by atomic mass is 10.2. The third kappa shape index (κ3) is 9.36. The summed E-state index contributed by atoms with van der Waals surface area (Å²) in [5.74, 6) is 0. The van der Waals surface area contributed by atoms with Gasteiger partial charge < -0.3 is 13.8 Å². The van der Waals surface area contributed by atoms with E-state index in [1.54, 1.807) is 0 Å². The van der Waals surface area contributed by atoms with Gasteiger partial charge >= 0.3 is 11.4 Å². The smallest absolute Gasteiger partial charge is 0.433 e. The Morgan fingerprint density at radius 2 is 1.26 bits per heavy atom. The summed E-state index contributed by atoms with van der Waals surface area (Å²) in [6.45, 7) is 16.7. The Kier molecular flexibility index (Phi) is 13.4. The summed E-state index contributed by atoms with van der Waals surface area (Å²) in [4.78, 5) is 0. The predicted molar refractivity (Wildman–Crippen MR) is 96.6 cm³/mol. The van der Waals surface area contributed by atoms with E-state index in [0.29, 0.717) is 6.08 Å². The van der Waals surface area contributed by atoms with Gasteiger partial charge in [0.15, 0.2) is 10.1 Å². The fourth-order valence-corrected chi connectivity index (χ4v) is 3.31. The Hall–Kier alpha value is -0.710. The largest absolute Gasteiger partial charge is 0.743 e. The van der Waals surface area contributed by atoms with Crippen LogP contribution in [0.15, 0.2) is 12.7 Å². The van der Waals surface area contributed by atoms with Crippen molar-refractivity contribution in [2.45, 2.75) is 64.7 Å². The molecule has 0 atom stereocenters. The van der Waals surface area contributed by atoms with Crippen LogP contribution in [0.2, 0.25) is 0 Å². The molecule has 0 aromatic rings. The molecule has 0 amide bonds. The van der Waals surface area contributed by atoms with Crippen molar-refractivity contribution in [3.63, 3.8) is 0 Å². The molecule has 0 aliphatic rings. The normalized spacial score (nSPS) is 13.1. The molecule has 0 heterocycles. The van der Waals surface area contributed by atoms with Gasteiger partial charge in [-0.15, -0.1) is 6.58 Å². The van der Waals surface area contributed by atoms with Gasteiger partial charge in [0.1, 0.15) is 0 Å². The third-order valence-corrected chi connectivity index (χ3v) is 4.69. The number of halogens is 4. The van der Waals surface area contributed by atoms with Crippen LogP contribution in [0.3, 0.4) is 0 Å². The standard InChI is InChI=1S/C12H28N.C5H6F4O4S/c1-5-9-13(10-6-2,11-7-3)12-8-4;1-2-3-13-4(6,7)5(8,9)14(10,11)12/h5-12H2,1-4H3;2H,1,3H2,(H,10,11,12)/q+1;/p-1. The second-order valence-corrected chi connectivity index (χ2v) is 7.74. The minimum absolute atomic E-state index is 0.696. The van der Waals surface area contributed by atoms with E-state index in [1.807, 2.05) is 0 Å². The van der Waals surface area contributed by atoms with Crippen LogP contribution in [0.25, 0.3) is 0 Å². The molecule has 0 unspecified atom stereocenters. The molecule has 27 heavy (non-hydrogen) atoms. The molecule has 0 aromatic heterocycles. The Balaban J connectivity index is 0. The highest BCUT2D eigenvalue weighted by Gasteiger charge is 2.63. The van der Waals surface area contributed by atoms with Crippen molar-refractivity contribution in [1.29, 1.82) is 0 Å². The first-order chi connectivity index (χ1) is 12.3. The first-order valence-corrected chi connectivity index (χ1v) is 10.5. The lowest BCUT2D eigenvalue weighted by Crippen LogP contribution is -2.50. The van der Waals surface area contributed by atoms with Gasteiger partial charge in [-0.3, -0.25) is 0 Å². The summed E-state index contributed by atoms with van der Waals surface area (Å²) < 4.78 is 82.9. The van der Waals surface area contributed by atoms with Gasteiger partial charge in [0, 0.05) is 0 Å². The van der Waals surface area contributed by atoms with Crippen molar-refractivity contribution >= 4 is 10.1 Å². The second-order valence-electron chi connectivity index (χ2n) is 6.32. The van der Waals surface area contributed by atoms with E-state index in [0.717, 1.165) is 0 Å². The first kappa shape index (κ1) is 28.5. The van der Waals surface area contributed by atoms with E-state index in [-0.39, 0.29) is 0 Å². The SMILES string of the molecule is C=CCOC(F)(F)C(F)(F)S(=O)(=O)[O-].CCC[N+](CCC)(CCC)CCC. The van der Waals surface area contributed by atoms with Crippen molar-refractivity contribution in [2.75, 3.05) is 32.8 Å². The topological polar surface area (TPSA) is 66.4 Å². The fourth-order valence-electron chi connectivity index (χ4n) is 2.96. The molecule has 0 saturated heterocycles. The van der Waals surface area contributed by atoms with Crippen LogP contribution in [-0.4, -0.2) is 61.6 Å². The molecule has 0 N–H and O–H groups in total. The van der Waals surface area contributed by atoms with Crippen LogP contribution in [-0.2, 0) is 14.9 Å². The van der Waals surface area contributed by atoms with Gasteiger partial charge in [-0.05, 0) is 25.7 Å². The number of ether oxygens (including phenoxy) is 1. The molecule has 5 nitrogen and oxygen atoms in total. The van der Waals surface area contributed by atoms with Crippen molar-refractivity contribution in [3.05, 3.63) is 12.7 Å². The van der Waals surface area contributed by atoms with Crippen molar-refractivity contribution in [3.8, 4) is 0 Å². The van der Waals surface area contributed by atoms with Crippen LogP contribution in [0.4, 0.5) is 17.6 Å². The van der Waals surface area contributed by atoms with E-state index in [1.165, 1.54) is 56.3 Å². The Morgan fingerprint density at radius 3 is 1.48 bits per heavy atom. The van der Waals surface area contributed by atoms with E-state index in [2.05, 4.69) is 39.0 Å². The minimum Gasteiger partial charge on any atom is -0.743 e. The fraction of sp³-hybridized carbons (Fsp3) is 0.882. The van der Waals surface area contributed by atoms with Gasteiger partial charge in [-0.2, -0.15) is 17.6 Å². The van der Waals surface area contributed by atoms with E-state index in [9.17, 15) is 30.5 Å². The minimum atomic E-state index is -6.48. The summed E-state index contributed by atoms with van der Waals surface area (Å²) in [5, 5.41) is -5.80. The average Bonchev–Trinajstić information content (AvgIpc) is 2.53. The number of quaternary nitrogens is 1. The molecule has 0 spiro atoms. The van der Waals surface area contributed by atoms with Crippen molar-refractivity contribution in [2.24, 2.45) is 0 Å². The highest BCUT2D eigenvalue weighted by Crippen LogP contribution is 2.38. The highest BCUT2D eigenvalue weighted by molar-refractivity contribution is 7.86. The van der Waals surface area contributed by atoms with Crippen LogP contribution in [0, 0.1) is 0 Å². The molecular formula is C17H33F4NO4S. The summed E-state index contributed by atoms with van der Waals surface area (Å²) >= 11 is 0. The zero-order valence-corrected chi connectivity index (χ0v) is 17.5. The molecule has 0 radical (unpaired) electrons. The van der Waals surface area contributed by atoms with E-state index >= 15 is 0 Å². The predicted octanol–water partition coefficient (Wildman–Crippen LogP) is 4.36. The maximum Gasteiger partial charge on any atom is 0.433 e. The van der Waals surface area contributed by atoms with E-state index < -0.39 is 28.1 Å². The molecule has 0 rings (SSSR count). The Bertz CT molecular complexity index is 484. The summed E-state index contributed by atoms with van der Waals surface area (Å²) in [7, 11) is -6.48. The molecule has 0 aromatic carbocycles. The molecule has 0 bridgehead atoms. The van der Waals surface area contributed by atoms with Gasteiger partial charge in [0.2, 0.25) is 0 Å². The number of alkyl halides is 4. The zero-order chi connectivity index (χ0) is 21.8. The van der Waals surface area contributed by atoms with Gasteiger partial charge in [0.05, 0.1) is 32.8 Å². The molecule has 0 aliphatic carbocycles. The maximum absolute atomic E-state index is 12.3. The average molecular weight is 424 g/mol. The Morgan fingerprint density at radius 1 is 0.926 bits per heavy atom. The molecular weight excluding hydrogens is 390 g/mol. The number of hydrogen-bond donors (Lipinski definition) is 0. The van der Waals surface area contributed by atoms with Gasteiger partial charge in [-0.25, -0.2) is 8.42 Å². The van der Waals surface area contributed by atoms with Gasteiger partial charge in [-0.1, -0.05) is 33.8 Å². The summed E-state index contributed by atoms with van der Waals surface area (Å²) in [6, 6.07) is 0. The quantitative estimate of drug-likeness (QED) is 0.191. The number of rotatable bonds is 13. The first-order valence-electron chi connectivity index (χ1n) is 9.11. The Labute approximate surface area is 160 Å². The van der Waals surface area contributed by atoms with Gasteiger partial charge in [0.25, 0.3) is 0 Å². The van der Waals surface area contributed by atoms with Crippen LogP contribution in [0.5, 0.6) is 0 Å². The molecule has 164 valence electrons. The number of nitrogens with zero attached hydrogens (tertiary/aromatic N) is 1. The maximum atomic E-state index is 12.3. The molecule has 10 heteroatoms. The summed E-state index contributed by atoms with van der Waals surface area (Å²) in [6.07, 6.45) is 0.656. The second kappa shape index (κ2) is 12.7. The van der Waals surface area contributed by atoms with E-state index in [4.69, 9.17) is 0 Å².